The van der Waals surface area contributed by atoms with Gasteiger partial charge < -0.3 is 5.32 Å². The standard InChI is InChI=1S/C18H23ClFN3O/c1-5-13(6-2)18(24)21-17-11(3)22-23(12(17)4)10-14-15(19)8-7-9-16(14)20/h7-9,13H,5-6,10H2,1-4H3,(H,21,24). The number of hydrogen-bond acceptors (Lipinski definition) is 2. The van der Waals surface area contributed by atoms with E-state index in [1.807, 2.05) is 27.7 Å². The molecule has 0 radical (unpaired) electrons. The van der Waals surface area contributed by atoms with Gasteiger partial charge in [0.2, 0.25) is 5.91 Å². The van der Waals surface area contributed by atoms with Crippen molar-refractivity contribution < 1.29 is 9.18 Å². The van der Waals surface area contributed by atoms with Gasteiger partial charge in [-0.2, -0.15) is 5.10 Å². The van der Waals surface area contributed by atoms with Crippen LogP contribution in [0.1, 0.15) is 43.6 Å². The van der Waals surface area contributed by atoms with Gasteiger partial charge in [0.1, 0.15) is 5.82 Å². The second kappa shape index (κ2) is 7.79. The van der Waals surface area contributed by atoms with Crippen LogP contribution in [0.4, 0.5) is 10.1 Å². The summed E-state index contributed by atoms with van der Waals surface area (Å²) in [6.45, 7) is 7.90. The molecule has 1 amide bonds. The molecule has 0 aliphatic rings. The molecule has 0 saturated carbocycles. The summed E-state index contributed by atoms with van der Waals surface area (Å²) >= 11 is 6.09. The van der Waals surface area contributed by atoms with E-state index < -0.39 is 0 Å². The fourth-order valence-corrected chi connectivity index (χ4v) is 2.97. The van der Waals surface area contributed by atoms with Crippen molar-refractivity contribution in [1.82, 2.24) is 9.78 Å². The van der Waals surface area contributed by atoms with Crippen molar-refractivity contribution in [3.8, 4) is 0 Å². The first-order valence-corrected chi connectivity index (χ1v) is 8.54. The van der Waals surface area contributed by atoms with Crippen LogP contribution in [0.2, 0.25) is 5.02 Å². The van der Waals surface area contributed by atoms with E-state index in [1.54, 1.807) is 16.8 Å². The van der Waals surface area contributed by atoms with Crippen LogP contribution >= 0.6 is 11.6 Å². The SMILES string of the molecule is CCC(CC)C(=O)Nc1c(C)nn(Cc2c(F)cccc2Cl)c1C. The Morgan fingerprint density at radius 3 is 2.58 bits per heavy atom. The average molecular weight is 352 g/mol. The number of nitrogens with zero attached hydrogens (tertiary/aromatic N) is 2. The Hall–Kier alpha value is -1.88. The number of anilines is 1. The minimum absolute atomic E-state index is 0.00493. The number of carbonyl (C=O) groups excluding carboxylic acids is 1. The molecule has 0 bridgehead atoms. The lowest BCUT2D eigenvalue weighted by atomic mass is 10.0. The van der Waals surface area contributed by atoms with E-state index in [0.29, 0.717) is 22.0 Å². The van der Waals surface area contributed by atoms with Gasteiger partial charge in [0.05, 0.1) is 23.6 Å². The van der Waals surface area contributed by atoms with Gasteiger partial charge in [-0.3, -0.25) is 9.48 Å². The lowest BCUT2D eigenvalue weighted by Crippen LogP contribution is -2.22. The van der Waals surface area contributed by atoms with Gasteiger partial charge in [-0.05, 0) is 38.8 Å². The maximum atomic E-state index is 14.0. The molecule has 0 fully saturated rings. The normalized spacial score (nSPS) is 11.1. The minimum atomic E-state index is -0.363. The molecule has 1 aromatic heterocycles. The molecule has 0 aliphatic heterocycles. The number of benzene rings is 1. The van der Waals surface area contributed by atoms with Gasteiger partial charge in [-0.1, -0.05) is 31.5 Å². The fourth-order valence-electron chi connectivity index (χ4n) is 2.75. The quantitative estimate of drug-likeness (QED) is 0.818. The van der Waals surface area contributed by atoms with Crippen molar-refractivity contribution in [2.24, 2.45) is 5.92 Å². The Kier molecular flexibility index (Phi) is 5.99. The van der Waals surface area contributed by atoms with Crippen molar-refractivity contribution in [2.45, 2.75) is 47.1 Å². The summed E-state index contributed by atoms with van der Waals surface area (Å²) in [4.78, 5) is 12.3. The van der Waals surface area contributed by atoms with Gasteiger partial charge in [0, 0.05) is 16.5 Å². The molecule has 0 atom stereocenters. The first kappa shape index (κ1) is 18.5. The highest BCUT2D eigenvalue weighted by atomic mass is 35.5. The second-order valence-corrected chi connectivity index (χ2v) is 6.31. The van der Waals surface area contributed by atoms with Crippen molar-refractivity contribution in [3.05, 3.63) is 46.0 Å². The number of nitrogens with one attached hydrogen (secondary N) is 1. The molecule has 6 heteroatoms. The van der Waals surface area contributed by atoms with Gasteiger partial charge in [0.25, 0.3) is 0 Å². The Bertz CT molecular complexity index is 718. The number of aromatic nitrogens is 2. The predicted octanol–water partition coefficient (Wildman–Crippen LogP) is 4.72. The molecule has 2 aromatic rings. The lowest BCUT2D eigenvalue weighted by Gasteiger charge is -2.13. The zero-order valence-corrected chi connectivity index (χ0v) is 15.2. The average Bonchev–Trinajstić information content (AvgIpc) is 2.80. The van der Waals surface area contributed by atoms with Crippen LogP contribution in [-0.4, -0.2) is 15.7 Å². The molecule has 0 saturated heterocycles. The van der Waals surface area contributed by atoms with Crippen LogP contribution in [0.15, 0.2) is 18.2 Å². The molecule has 1 aromatic carbocycles. The van der Waals surface area contributed by atoms with E-state index in [1.165, 1.54) is 6.07 Å². The molecule has 0 unspecified atom stereocenters. The number of halogens is 2. The summed E-state index contributed by atoms with van der Waals surface area (Å²) in [5, 5.41) is 7.76. The highest BCUT2D eigenvalue weighted by Gasteiger charge is 2.20. The van der Waals surface area contributed by atoms with Crippen LogP contribution in [0.25, 0.3) is 0 Å². The van der Waals surface area contributed by atoms with Crippen molar-refractivity contribution >= 4 is 23.2 Å². The number of rotatable bonds is 6. The molecule has 2 rings (SSSR count). The topological polar surface area (TPSA) is 46.9 Å². The van der Waals surface area contributed by atoms with Crippen LogP contribution in [0, 0.1) is 25.6 Å². The summed E-state index contributed by atoms with van der Waals surface area (Å²) in [5.74, 6) is -0.388. The molecule has 1 N–H and O–H groups in total. The van der Waals surface area contributed by atoms with Crippen LogP contribution in [-0.2, 0) is 11.3 Å². The summed E-state index contributed by atoms with van der Waals surface area (Å²) < 4.78 is 15.7. The van der Waals surface area contributed by atoms with E-state index in [9.17, 15) is 9.18 Å². The molecular weight excluding hydrogens is 329 g/mol. The van der Waals surface area contributed by atoms with Gasteiger partial charge >= 0.3 is 0 Å². The monoisotopic (exact) mass is 351 g/mol. The summed E-state index contributed by atoms with van der Waals surface area (Å²) in [6.07, 6.45) is 1.58. The van der Waals surface area contributed by atoms with Crippen molar-refractivity contribution in [1.29, 1.82) is 0 Å². The molecule has 0 spiro atoms. The molecular formula is C18H23ClFN3O. The Balaban J connectivity index is 2.28. The summed E-state index contributed by atoms with van der Waals surface area (Å²) in [7, 11) is 0. The molecule has 130 valence electrons. The number of carbonyl (C=O) groups is 1. The maximum absolute atomic E-state index is 14.0. The maximum Gasteiger partial charge on any atom is 0.227 e. The van der Waals surface area contributed by atoms with Gasteiger partial charge in [-0.15, -0.1) is 0 Å². The third-order valence-corrected chi connectivity index (χ3v) is 4.71. The Morgan fingerprint density at radius 2 is 2.00 bits per heavy atom. The van der Waals surface area contributed by atoms with Gasteiger partial charge in [-0.25, -0.2) is 4.39 Å². The Labute approximate surface area is 147 Å². The van der Waals surface area contributed by atoms with Crippen LogP contribution < -0.4 is 5.32 Å². The predicted molar refractivity (Wildman–Crippen MR) is 94.9 cm³/mol. The van der Waals surface area contributed by atoms with Gasteiger partial charge in [0.15, 0.2) is 0 Å². The fraction of sp³-hybridized carbons (Fsp3) is 0.444. The third kappa shape index (κ3) is 3.78. The van der Waals surface area contributed by atoms with E-state index in [0.717, 1.165) is 18.5 Å². The second-order valence-electron chi connectivity index (χ2n) is 5.91. The molecule has 1 heterocycles. The zero-order valence-electron chi connectivity index (χ0n) is 14.5. The van der Waals surface area contributed by atoms with E-state index in [4.69, 9.17) is 11.6 Å². The molecule has 24 heavy (non-hydrogen) atoms. The van der Waals surface area contributed by atoms with Crippen molar-refractivity contribution in [2.75, 3.05) is 5.32 Å². The molecule has 4 nitrogen and oxygen atoms in total. The number of amides is 1. The van der Waals surface area contributed by atoms with E-state index >= 15 is 0 Å². The molecule has 0 aliphatic carbocycles. The largest absolute Gasteiger partial charge is 0.323 e. The van der Waals surface area contributed by atoms with Crippen LogP contribution in [0.3, 0.4) is 0 Å². The third-order valence-electron chi connectivity index (χ3n) is 4.36. The highest BCUT2D eigenvalue weighted by Crippen LogP contribution is 2.25. The van der Waals surface area contributed by atoms with Crippen molar-refractivity contribution in [3.63, 3.8) is 0 Å². The zero-order chi connectivity index (χ0) is 17.9. The number of aryl methyl sites for hydroxylation is 1. The first-order chi connectivity index (χ1) is 11.4. The Morgan fingerprint density at radius 1 is 1.33 bits per heavy atom. The number of hydrogen-bond donors (Lipinski definition) is 1. The minimum Gasteiger partial charge on any atom is -0.323 e. The highest BCUT2D eigenvalue weighted by molar-refractivity contribution is 6.31. The lowest BCUT2D eigenvalue weighted by molar-refractivity contribution is -0.120. The first-order valence-electron chi connectivity index (χ1n) is 8.16. The summed E-state index contributed by atoms with van der Waals surface area (Å²) in [6, 6.07) is 4.60. The van der Waals surface area contributed by atoms with E-state index in [2.05, 4.69) is 10.4 Å². The van der Waals surface area contributed by atoms with E-state index in [-0.39, 0.29) is 24.2 Å². The van der Waals surface area contributed by atoms with Crippen LogP contribution in [0.5, 0.6) is 0 Å². The smallest absolute Gasteiger partial charge is 0.227 e. The summed E-state index contributed by atoms with van der Waals surface area (Å²) in [5.41, 5.74) is 2.58.